The first-order valence-corrected chi connectivity index (χ1v) is 15.4. The number of sulfonamides is 1. The van der Waals surface area contributed by atoms with Crippen LogP contribution in [-0.2, 0) is 29.5 Å². The van der Waals surface area contributed by atoms with Crippen molar-refractivity contribution in [3.63, 3.8) is 0 Å². The summed E-state index contributed by atoms with van der Waals surface area (Å²) in [7, 11) is -3.93. The molecule has 0 bridgehead atoms. The molecule has 1 fully saturated rings. The van der Waals surface area contributed by atoms with Gasteiger partial charge in [0.15, 0.2) is 0 Å². The number of nitrogens with zero attached hydrogens (tertiary/aromatic N) is 3. The first-order valence-electron chi connectivity index (χ1n) is 13.9. The fourth-order valence-electron chi connectivity index (χ4n) is 5.49. The van der Waals surface area contributed by atoms with Gasteiger partial charge in [0.2, 0.25) is 5.96 Å². The van der Waals surface area contributed by atoms with Gasteiger partial charge in [0, 0.05) is 19.6 Å². The summed E-state index contributed by atoms with van der Waals surface area (Å²) >= 11 is 0. The second-order valence-electron chi connectivity index (χ2n) is 10.7. The number of fused-ring (bicyclic) bond motifs is 1. The summed E-state index contributed by atoms with van der Waals surface area (Å²) in [5.41, 5.74) is 4.44. The zero-order valence-corrected chi connectivity index (χ0v) is 23.9. The van der Waals surface area contributed by atoms with Crippen LogP contribution in [0, 0.1) is 6.92 Å². The number of aryl methyl sites for hydroxylation is 1. The third-order valence-electron chi connectivity index (χ3n) is 7.63. The molecule has 5 nitrogen and oxygen atoms in total. The van der Waals surface area contributed by atoms with Gasteiger partial charge in [0.1, 0.15) is 0 Å². The van der Waals surface area contributed by atoms with E-state index < -0.39 is 10.0 Å². The minimum Gasteiger partial charge on any atom is -0.335 e. The molecule has 41 heavy (non-hydrogen) atoms. The zero-order chi connectivity index (χ0) is 28.2. The minimum atomic E-state index is -3.93. The van der Waals surface area contributed by atoms with Crippen LogP contribution in [0.5, 0.6) is 0 Å². The van der Waals surface area contributed by atoms with Gasteiger partial charge >= 0.3 is 0 Å². The highest BCUT2D eigenvalue weighted by molar-refractivity contribution is 7.90. The maximum atomic E-state index is 13.7. The SMILES string of the molecule is Cc1ccc(S(=O)(=O)/N=C2\N(Cc3ccccc3)CC(Cc3ccc4ccccc4c3)N2Cc2ccccc2)cc1. The molecule has 6 rings (SSSR count). The van der Waals surface area contributed by atoms with Gasteiger partial charge in [-0.1, -0.05) is 121 Å². The zero-order valence-electron chi connectivity index (χ0n) is 23.1. The molecule has 1 heterocycles. The number of benzene rings is 5. The van der Waals surface area contributed by atoms with E-state index in [1.165, 1.54) is 16.3 Å². The van der Waals surface area contributed by atoms with Crippen molar-refractivity contribution in [2.75, 3.05) is 6.54 Å². The summed E-state index contributed by atoms with van der Waals surface area (Å²) in [5, 5.41) is 2.41. The average Bonchev–Trinajstić information content (AvgIpc) is 3.28. The molecule has 1 atom stereocenters. The van der Waals surface area contributed by atoms with Gasteiger partial charge in [-0.05, 0) is 52.9 Å². The molecule has 1 saturated heterocycles. The molecule has 1 unspecified atom stereocenters. The van der Waals surface area contributed by atoms with Crippen molar-refractivity contribution in [1.82, 2.24) is 9.80 Å². The fraction of sp³-hybridized carbons (Fsp3) is 0.171. The van der Waals surface area contributed by atoms with Crippen molar-refractivity contribution < 1.29 is 8.42 Å². The lowest BCUT2D eigenvalue weighted by atomic mass is 10.0. The Morgan fingerprint density at radius 2 is 1.29 bits per heavy atom. The molecule has 5 aromatic rings. The van der Waals surface area contributed by atoms with Crippen LogP contribution >= 0.6 is 0 Å². The molecule has 5 aromatic carbocycles. The van der Waals surface area contributed by atoms with Gasteiger partial charge in [0.05, 0.1) is 10.9 Å². The lowest BCUT2D eigenvalue weighted by molar-refractivity contribution is 0.332. The van der Waals surface area contributed by atoms with Crippen molar-refractivity contribution in [3.8, 4) is 0 Å². The maximum Gasteiger partial charge on any atom is 0.285 e. The third-order valence-corrected chi connectivity index (χ3v) is 8.90. The van der Waals surface area contributed by atoms with Crippen molar-refractivity contribution >= 4 is 26.8 Å². The lowest BCUT2D eigenvalue weighted by Crippen LogP contribution is -2.37. The summed E-state index contributed by atoms with van der Waals surface area (Å²) in [6.45, 7) is 3.74. The highest BCUT2D eigenvalue weighted by Crippen LogP contribution is 2.27. The topological polar surface area (TPSA) is 53.0 Å². The van der Waals surface area contributed by atoms with Gasteiger partial charge in [0.25, 0.3) is 10.0 Å². The Hall–Kier alpha value is -4.42. The maximum absolute atomic E-state index is 13.7. The van der Waals surface area contributed by atoms with Crippen LogP contribution < -0.4 is 0 Å². The first-order chi connectivity index (χ1) is 19.9. The van der Waals surface area contributed by atoms with Crippen LogP contribution in [0.4, 0.5) is 0 Å². The van der Waals surface area contributed by atoms with Crippen LogP contribution in [0.1, 0.15) is 22.3 Å². The summed E-state index contributed by atoms with van der Waals surface area (Å²) in [5.74, 6) is 0.490. The quantitative estimate of drug-likeness (QED) is 0.209. The van der Waals surface area contributed by atoms with E-state index >= 15 is 0 Å². The molecular formula is C35H33N3O2S. The average molecular weight is 560 g/mol. The Kier molecular flexibility index (Phi) is 7.57. The van der Waals surface area contributed by atoms with E-state index in [1.807, 2.05) is 55.5 Å². The van der Waals surface area contributed by atoms with Crippen LogP contribution in [0.3, 0.4) is 0 Å². The molecule has 0 N–H and O–H groups in total. The van der Waals surface area contributed by atoms with Crippen molar-refractivity contribution in [2.24, 2.45) is 4.40 Å². The van der Waals surface area contributed by atoms with E-state index in [4.69, 9.17) is 0 Å². The smallest absolute Gasteiger partial charge is 0.285 e. The summed E-state index contributed by atoms with van der Waals surface area (Å²) in [6, 6.07) is 42.3. The second-order valence-corrected chi connectivity index (χ2v) is 12.3. The third kappa shape index (κ3) is 6.18. The standard InChI is InChI=1S/C35H33N3O2S/c1-27-16-20-34(21-17-27)41(39,40)36-35-37(24-28-10-4-2-5-11-28)26-33(38(35)25-29-12-6-3-7-13-29)23-30-18-19-31-14-8-9-15-32(31)22-30/h2-22,33H,23-26H2,1H3/b36-35+. The van der Waals surface area contributed by atoms with Crippen LogP contribution in [0.15, 0.2) is 137 Å². The van der Waals surface area contributed by atoms with Gasteiger partial charge in [-0.25, -0.2) is 0 Å². The summed E-state index contributed by atoms with van der Waals surface area (Å²) < 4.78 is 31.9. The largest absolute Gasteiger partial charge is 0.335 e. The number of hydrogen-bond acceptors (Lipinski definition) is 2. The number of guanidine groups is 1. The monoisotopic (exact) mass is 559 g/mol. The first kappa shape index (κ1) is 26.8. The van der Waals surface area contributed by atoms with E-state index in [-0.39, 0.29) is 10.9 Å². The molecule has 206 valence electrons. The van der Waals surface area contributed by atoms with Gasteiger partial charge in [-0.15, -0.1) is 4.40 Å². The Balaban J connectivity index is 1.42. The van der Waals surface area contributed by atoms with E-state index in [0.29, 0.717) is 25.6 Å². The Labute approximate surface area is 242 Å². The van der Waals surface area contributed by atoms with Crippen molar-refractivity contribution in [2.45, 2.75) is 37.4 Å². The normalized spacial score (nSPS) is 16.5. The number of rotatable bonds is 8. The van der Waals surface area contributed by atoms with Crippen molar-refractivity contribution in [3.05, 3.63) is 150 Å². The predicted octanol–water partition coefficient (Wildman–Crippen LogP) is 6.82. The molecular weight excluding hydrogens is 526 g/mol. The van der Waals surface area contributed by atoms with Gasteiger partial charge in [-0.2, -0.15) is 8.42 Å². The molecule has 0 spiro atoms. The molecule has 0 saturated carbocycles. The number of hydrogen-bond donors (Lipinski definition) is 0. The van der Waals surface area contributed by atoms with E-state index in [9.17, 15) is 8.42 Å². The molecule has 0 aliphatic carbocycles. The van der Waals surface area contributed by atoms with Gasteiger partial charge in [-0.3, -0.25) is 0 Å². The van der Waals surface area contributed by atoms with Crippen LogP contribution in [-0.4, -0.2) is 36.8 Å². The fourth-order valence-corrected chi connectivity index (χ4v) is 6.51. The summed E-state index contributed by atoms with van der Waals surface area (Å²) in [6.07, 6.45) is 0.770. The second kappa shape index (κ2) is 11.6. The van der Waals surface area contributed by atoms with Crippen LogP contribution in [0.2, 0.25) is 0 Å². The highest BCUT2D eigenvalue weighted by atomic mass is 32.2. The van der Waals surface area contributed by atoms with E-state index in [2.05, 4.69) is 80.9 Å². The molecule has 0 radical (unpaired) electrons. The Morgan fingerprint density at radius 1 is 0.683 bits per heavy atom. The van der Waals surface area contributed by atoms with Crippen LogP contribution in [0.25, 0.3) is 10.8 Å². The molecule has 1 aliphatic heterocycles. The highest BCUT2D eigenvalue weighted by Gasteiger charge is 2.37. The molecule has 1 aliphatic rings. The Bertz CT molecular complexity index is 1770. The lowest BCUT2D eigenvalue weighted by Gasteiger charge is -2.26. The predicted molar refractivity (Wildman–Crippen MR) is 166 cm³/mol. The minimum absolute atomic E-state index is 0.0343. The van der Waals surface area contributed by atoms with E-state index in [1.54, 1.807) is 12.1 Å². The van der Waals surface area contributed by atoms with Gasteiger partial charge < -0.3 is 9.80 Å². The Morgan fingerprint density at radius 3 is 1.98 bits per heavy atom. The molecule has 0 amide bonds. The molecule has 0 aromatic heterocycles. The molecule has 6 heteroatoms. The van der Waals surface area contributed by atoms with E-state index in [0.717, 1.165) is 23.1 Å². The van der Waals surface area contributed by atoms with Crippen molar-refractivity contribution in [1.29, 1.82) is 0 Å². The summed E-state index contributed by atoms with van der Waals surface area (Å²) in [4.78, 5) is 4.50.